The Morgan fingerprint density at radius 1 is 1.24 bits per heavy atom. The van der Waals surface area contributed by atoms with E-state index in [1.165, 1.54) is 11.3 Å². The van der Waals surface area contributed by atoms with Crippen molar-refractivity contribution in [2.75, 3.05) is 32.7 Å². The van der Waals surface area contributed by atoms with Crippen LogP contribution in [-0.4, -0.2) is 59.3 Å². The maximum Gasteiger partial charge on any atom is 0.145 e. The molecule has 114 valence electrons. The van der Waals surface area contributed by atoms with Gasteiger partial charge in [-0.25, -0.2) is 0 Å². The Morgan fingerprint density at radius 2 is 2.05 bits per heavy atom. The quantitative estimate of drug-likeness (QED) is 0.828. The van der Waals surface area contributed by atoms with Gasteiger partial charge in [-0.2, -0.15) is 0 Å². The second kappa shape index (κ2) is 7.00. The van der Waals surface area contributed by atoms with Crippen molar-refractivity contribution >= 4 is 5.71 Å². The third kappa shape index (κ3) is 4.02. The smallest absolute Gasteiger partial charge is 0.145 e. The lowest BCUT2D eigenvalue weighted by molar-refractivity contribution is 0.0338. The van der Waals surface area contributed by atoms with E-state index < -0.39 is 0 Å². The summed E-state index contributed by atoms with van der Waals surface area (Å²) in [6.07, 6.45) is 6.07. The Hall–Kier alpha value is -1.46. The number of pyridine rings is 1. The van der Waals surface area contributed by atoms with Crippen LogP contribution in [0.1, 0.15) is 25.3 Å². The van der Waals surface area contributed by atoms with E-state index in [2.05, 4.69) is 32.9 Å². The molecule has 2 aliphatic rings. The number of nitrogens with zero attached hydrogens (tertiary/aromatic N) is 4. The van der Waals surface area contributed by atoms with Gasteiger partial charge in [0.1, 0.15) is 6.10 Å². The van der Waals surface area contributed by atoms with E-state index in [-0.39, 0.29) is 6.10 Å². The summed E-state index contributed by atoms with van der Waals surface area (Å²) in [6.45, 7) is 8.61. The Morgan fingerprint density at radius 3 is 2.71 bits per heavy atom. The number of aromatic nitrogens is 1. The van der Waals surface area contributed by atoms with Gasteiger partial charge in [0.05, 0.1) is 5.71 Å². The SMILES string of the molecule is CCC1=NOC(CN2CCN(Cc3cccnc3)CC2)C1. The van der Waals surface area contributed by atoms with Crippen molar-refractivity contribution < 1.29 is 4.84 Å². The van der Waals surface area contributed by atoms with E-state index in [0.29, 0.717) is 0 Å². The zero-order valence-electron chi connectivity index (χ0n) is 12.7. The van der Waals surface area contributed by atoms with Crippen molar-refractivity contribution in [3.63, 3.8) is 0 Å². The highest BCUT2D eigenvalue weighted by Gasteiger charge is 2.25. The molecule has 0 aromatic carbocycles. The first-order chi connectivity index (χ1) is 10.3. The van der Waals surface area contributed by atoms with Crippen LogP contribution in [0.25, 0.3) is 0 Å². The third-order valence-electron chi connectivity index (χ3n) is 4.26. The Balaban J connectivity index is 1.39. The number of rotatable bonds is 5. The van der Waals surface area contributed by atoms with Crippen molar-refractivity contribution in [3.05, 3.63) is 30.1 Å². The molecule has 1 aromatic heterocycles. The van der Waals surface area contributed by atoms with Crippen molar-refractivity contribution in [1.82, 2.24) is 14.8 Å². The minimum Gasteiger partial charge on any atom is -0.391 e. The third-order valence-corrected chi connectivity index (χ3v) is 4.26. The first kappa shape index (κ1) is 14.5. The molecule has 0 amide bonds. The van der Waals surface area contributed by atoms with Crippen LogP contribution in [0.2, 0.25) is 0 Å². The van der Waals surface area contributed by atoms with Gasteiger partial charge in [-0.15, -0.1) is 0 Å². The molecule has 21 heavy (non-hydrogen) atoms. The summed E-state index contributed by atoms with van der Waals surface area (Å²) >= 11 is 0. The summed E-state index contributed by atoms with van der Waals surface area (Å²) < 4.78 is 0. The lowest BCUT2D eigenvalue weighted by Crippen LogP contribution is -2.48. The maximum absolute atomic E-state index is 5.51. The van der Waals surface area contributed by atoms with Crippen LogP contribution in [0.5, 0.6) is 0 Å². The molecule has 0 N–H and O–H groups in total. The van der Waals surface area contributed by atoms with Gasteiger partial charge in [0, 0.05) is 58.1 Å². The summed E-state index contributed by atoms with van der Waals surface area (Å²) in [5, 5.41) is 4.14. The molecule has 0 aliphatic carbocycles. The minimum absolute atomic E-state index is 0.268. The number of piperazine rings is 1. The highest BCUT2D eigenvalue weighted by molar-refractivity contribution is 5.85. The fourth-order valence-electron chi connectivity index (χ4n) is 2.96. The second-order valence-electron chi connectivity index (χ2n) is 5.88. The van der Waals surface area contributed by atoms with Crippen molar-refractivity contribution in [2.45, 2.75) is 32.4 Å². The molecule has 3 heterocycles. The fourth-order valence-corrected chi connectivity index (χ4v) is 2.96. The standard InChI is InChI=1S/C16H24N4O/c1-2-15-10-16(21-18-15)13-20-8-6-19(7-9-20)12-14-4-3-5-17-11-14/h3-5,11,16H,2,6-10,12-13H2,1H3. The normalized spacial score (nSPS) is 23.9. The molecule has 1 unspecified atom stereocenters. The van der Waals surface area contributed by atoms with E-state index in [1.54, 1.807) is 0 Å². The van der Waals surface area contributed by atoms with Crippen LogP contribution >= 0.6 is 0 Å². The predicted octanol–water partition coefficient (Wildman–Crippen LogP) is 1.75. The molecule has 0 spiro atoms. The average molecular weight is 288 g/mol. The molecule has 1 fully saturated rings. The number of oxime groups is 1. The molecular formula is C16H24N4O. The molecule has 1 saturated heterocycles. The van der Waals surface area contributed by atoms with Gasteiger partial charge in [0.15, 0.2) is 0 Å². The summed E-state index contributed by atoms with van der Waals surface area (Å²) in [6, 6.07) is 4.16. The Labute approximate surface area is 126 Å². The molecular weight excluding hydrogens is 264 g/mol. The van der Waals surface area contributed by atoms with Gasteiger partial charge in [-0.05, 0) is 18.1 Å². The molecule has 0 radical (unpaired) electrons. The van der Waals surface area contributed by atoms with Gasteiger partial charge >= 0.3 is 0 Å². The highest BCUT2D eigenvalue weighted by Crippen LogP contribution is 2.15. The minimum atomic E-state index is 0.268. The van der Waals surface area contributed by atoms with Crippen LogP contribution in [-0.2, 0) is 11.4 Å². The van der Waals surface area contributed by atoms with Crippen molar-refractivity contribution in [3.8, 4) is 0 Å². The van der Waals surface area contributed by atoms with Gasteiger partial charge in [-0.1, -0.05) is 18.1 Å². The number of hydrogen-bond donors (Lipinski definition) is 0. The zero-order chi connectivity index (χ0) is 14.5. The van der Waals surface area contributed by atoms with E-state index in [4.69, 9.17) is 4.84 Å². The summed E-state index contributed by atoms with van der Waals surface area (Å²) in [4.78, 5) is 14.7. The van der Waals surface area contributed by atoms with Gasteiger partial charge in [0.25, 0.3) is 0 Å². The first-order valence-electron chi connectivity index (χ1n) is 7.88. The van der Waals surface area contributed by atoms with Crippen molar-refractivity contribution in [1.29, 1.82) is 0 Å². The lowest BCUT2D eigenvalue weighted by Gasteiger charge is -2.35. The van der Waals surface area contributed by atoms with Gasteiger partial charge in [0.2, 0.25) is 0 Å². The summed E-state index contributed by atoms with van der Waals surface area (Å²) in [5.41, 5.74) is 2.50. The predicted molar refractivity (Wildman–Crippen MR) is 83.2 cm³/mol. The van der Waals surface area contributed by atoms with Gasteiger partial charge in [-0.3, -0.25) is 14.8 Å². The summed E-state index contributed by atoms with van der Waals surface area (Å²) in [7, 11) is 0. The monoisotopic (exact) mass is 288 g/mol. The first-order valence-corrected chi connectivity index (χ1v) is 7.88. The number of hydrogen-bond acceptors (Lipinski definition) is 5. The van der Waals surface area contributed by atoms with E-state index in [9.17, 15) is 0 Å². The molecule has 0 saturated carbocycles. The zero-order valence-corrected chi connectivity index (χ0v) is 12.7. The van der Waals surface area contributed by atoms with E-state index >= 15 is 0 Å². The topological polar surface area (TPSA) is 41.0 Å². The largest absolute Gasteiger partial charge is 0.391 e. The Bertz CT molecular complexity index is 468. The fraction of sp³-hybridized carbons (Fsp3) is 0.625. The molecule has 2 aliphatic heterocycles. The average Bonchev–Trinajstić information content (AvgIpc) is 2.98. The second-order valence-corrected chi connectivity index (χ2v) is 5.88. The molecule has 1 aromatic rings. The summed E-state index contributed by atoms with van der Waals surface area (Å²) in [5.74, 6) is 0. The van der Waals surface area contributed by atoms with Crippen LogP contribution in [0.4, 0.5) is 0 Å². The lowest BCUT2D eigenvalue weighted by atomic mass is 10.1. The molecule has 0 bridgehead atoms. The maximum atomic E-state index is 5.51. The highest BCUT2D eigenvalue weighted by atomic mass is 16.6. The van der Waals surface area contributed by atoms with Gasteiger partial charge < -0.3 is 4.84 Å². The Kier molecular flexibility index (Phi) is 4.83. The van der Waals surface area contributed by atoms with E-state index in [1.807, 2.05) is 18.5 Å². The van der Waals surface area contributed by atoms with Crippen LogP contribution in [0.15, 0.2) is 29.7 Å². The molecule has 5 heteroatoms. The van der Waals surface area contributed by atoms with Crippen LogP contribution < -0.4 is 0 Å². The molecule has 5 nitrogen and oxygen atoms in total. The molecule has 3 rings (SSSR count). The van der Waals surface area contributed by atoms with Crippen LogP contribution in [0, 0.1) is 0 Å². The van der Waals surface area contributed by atoms with Crippen LogP contribution in [0.3, 0.4) is 0 Å². The van der Waals surface area contributed by atoms with E-state index in [0.717, 1.165) is 52.1 Å². The van der Waals surface area contributed by atoms with Crippen molar-refractivity contribution in [2.24, 2.45) is 5.16 Å². The molecule has 1 atom stereocenters.